The van der Waals surface area contributed by atoms with E-state index in [1.165, 1.54) is 11.8 Å². The molecule has 0 aromatic carbocycles. The first kappa shape index (κ1) is 18.3. The number of thioether (sulfide) groups is 1. The molecule has 4 rings (SSSR count). The van der Waals surface area contributed by atoms with Crippen molar-refractivity contribution in [1.29, 1.82) is 0 Å². The van der Waals surface area contributed by atoms with E-state index in [-0.39, 0.29) is 17.7 Å². The number of furan rings is 1. The maximum Gasteiger partial charge on any atom is 0.253 e. The number of aromatic nitrogens is 1. The predicted molar refractivity (Wildman–Crippen MR) is 108 cm³/mol. The van der Waals surface area contributed by atoms with E-state index in [9.17, 15) is 4.79 Å². The van der Waals surface area contributed by atoms with Crippen molar-refractivity contribution >= 4 is 46.3 Å². The zero-order chi connectivity index (χ0) is 18.8. The molecule has 0 saturated carbocycles. The zero-order valence-corrected chi connectivity index (χ0v) is 16.9. The van der Waals surface area contributed by atoms with Crippen LogP contribution in [0.4, 0.5) is 0 Å². The number of hydrogen-bond acceptors (Lipinski definition) is 6. The van der Waals surface area contributed by atoms with Crippen LogP contribution in [0.25, 0.3) is 0 Å². The normalized spacial score (nSPS) is 16.6. The molecule has 3 aromatic rings. The first-order valence-corrected chi connectivity index (χ1v) is 10.6. The molecule has 0 saturated heterocycles. The highest BCUT2D eigenvalue weighted by Gasteiger charge is 2.35. The number of carbonyl (C=O) groups excluding carboxylic acids is 1. The fraction of sp³-hybridized carbons (Fsp3) is 0.211. The highest BCUT2D eigenvalue weighted by molar-refractivity contribution is 8.00. The van der Waals surface area contributed by atoms with Gasteiger partial charge in [-0.1, -0.05) is 17.7 Å². The number of carbonyl (C=O) groups is 1. The van der Waals surface area contributed by atoms with Crippen LogP contribution in [0.5, 0.6) is 0 Å². The van der Waals surface area contributed by atoms with Gasteiger partial charge >= 0.3 is 0 Å². The molecule has 0 spiro atoms. The van der Waals surface area contributed by atoms with Crippen molar-refractivity contribution in [2.75, 3.05) is 5.75 Å². The number of rotatable bonds is 5. The van der Waals surface area contributed by atoms with Crippen LogP contribution in [0.3, 0.4) is 0 Å². The summed E-state index contributed by atoms with van der Waals surface area (Å²) in [6.45, 7) is 1.85. The molecule has 1 aliphatic heterocycles. The van der Waals surface area contributed by atoms with E-state index in [2.05, 4.69) is 10.1 Å². The minimum atomic E-state index is -0.222. The number of hydrazone groups is 1. The van der Waals surface area contributed by atoms with Crippen molar-refractivity contribution in [1.82, 2.24) is 9.99 Å². The summed E-state index contributed by atoms with van der Waals surface area (Å²) >= 11 is 9.30. The zero-order valence-electron chi connectivity index (χ0n) is 14.5. The Morgan fingerprint density at radius 3 is 3.04 bits per heavy atom. The number of thiophene rings is 1. The molecular weight excluding hydrogens is 402 g/mol. The van der Waals surface area contributed by atoms with Crippen LogP contribution in [0.1, 0.15) is 28.8 Å². The summed E-state index contributed by atoms with van der Waals surface area (Å²) in [6, 6.07) is 9.31. The van der Waals surface area contributed by atoms with Gasteiger partial charge in [0.2, 0.25) is 0 Å². The molecule has 27 heavy (non-hydrogen) atoms. The second-order valence-electron chi connectivity index (χ2n) is 5.99. The average Bonchev–Trinajstić information content (AvgIpc) is 3.41. The molecule has 3 aromatic heterocycles. The average molecular weight is 418 g/mol. The van der Waals surface area contributed by atoms with Gasteiger partial charge in [0.25, 0.3) is 5.91 Å². The van der Waals surface area contributed by atoms with Crippen LogP contribution in [-0.4, -0.2) is 27.4 Å². The number of nitrogens with zero attached hydrogens (tertiary/aromatic N) is 3. The molecule has 4 heterocycles. The Kier molecular flexibility index (Phi) is 5.33. The number of hydrogen-bond donors (Lipinski definition) is 0. The van der Waals surface area contributed by atoms with Crippen LogP contribution in [0.15, 0.2) is 62.6 Å². The quantitative estimate of drug-likeness (QED) is 0.537. The molecule has 5 nitrogen and oxygen atoms in total. The molecule has 0 N–H and O–H groups in total. The summed E-state index contributed by atoms with van der Waals surface area (Å²) in [7, 11) is 0. The molecule has 0 fully saturated rings. The highest BCUT2D eigenvalue weighted by atomic mass is 35.5. The third kappa shape index (κ3) is 3.81. The fourth-order valence-electron chi connectivity index (χ4n) is 2.88. The number of pyridine rings is 1. The first-order valence-electron chi connectivity index (χ1n) is 8.34. The summed E-state index contributed by atoms with van der Waals surface area (Å²) in [5, 5.41) is 8.75. The van der Waals surface area contributed by atoms with Crippen molar-refractivity contribution < 1.29 is 9.21 Å². The second-order valence-corrected chi connectivity index (χ2v) is 8.34. The maximum atomic E-state index is 12.9. The Morgan fingerprint density at radius 2 is 2.30 bits per heavy atom. The molecule has 0 radical (unpaired) electrons. The molecule has 1 aliphatic rings. The smallest absolute Gasteiger partial charge is 0.253 e. The lowest BCUT2D eigenvalue weighted by Crippen LogP contribution is -2.28. The highest BCUT2D eigenvalue weighted by Crippen LogP contribution is 2.35. The van der Waals surface area contributed by atoms with Gasteiger partial charge in [-0.15, -0.1) is 23.1 Å². The van der Waals surface area contributed by atoms with Crippen molar-refractivity contribution in [2.24, 2.45) is 5.10 Å². The first-order chi connectivity index (χ1) is 13.1. The molecule has 1 amide bonds. The lowest BCUT2D eigenvalue weighted by Gasteiger charge is -2.19. The number of amides is 1. The molecule has 0 bridgehead atoms. The minimum Gasteiger partial charge on any atom is -0.467 e. The van der Waals surface area contributed by atoms with Crippen LogP contribution in [-0.2, 0) is 4.79 Å². The lowest BCUT2D eigenvalue weighted by atomic mass is 10.1. The van der Waals surface area contributed by atoms with Gasteiger partial charge in [0, 0.05) is 17.5 Å². The van der Waals surface area contributed by atoms with Crippen LogP contribution in [0, 0.1) is 6.92 Å². The van der Waals surface area contributed by atoms with Gasteiger partial charge in [-0.05, 0) is 36.6 Å². The topological polar surface area (TPSA) is 58.7 Å². The number of halogens is 1. The molecule has 1 atom stereocenters. The Bertz CT molecular complexity index is 971. The van der Waals surface area contributed by atoms with Gasteiger partial charge in [0.05, 0.1) is 33.3 Å². The summed E-state index contributed by atoms with van der Waals surface area (Å²) in [5.74, 6) is 0.890. The van der Waals surface area contributed by atoms with Gasteiger partial charge < -0.3 is 4.42 Å². The summed E-state index contributed by atoms with van der Waals surface area (Å²) in [5.41, 5.74) is 1.66. The standard InChI is InChI=1S/C19H16ClN3O2S2/c1-12-19(20)17(6-7-21-12)27-11-18(24)23-14(15-4-2-8-25-15)10-13(22-23)16-5-3-9-26-16/h2-9,14H,10-11H2,1H3. The monoisotopic (exact) mass is 417 g/mol. The summed E-state index contributed by atoms with van der Waals surface area (Å²) < 4.78 is 5.56. The Morgan fingerprint density at radius 1 is 1.41 bits per heavy atom. The third-order valence-electron chi connectivity index (χ3n) is 4.22. The van der Waals surface area contributed by atoms with Gasteiger partial charge in [0.1, 0.15) is 11.8 Å². The van der Waals surface area contributed by atoms with Crippen molar-refractivity contribution in [2.45, 2.75) is 24.3 Å². The lowest BCUT2D eigenvalue weighted by molar-refractivity contribution is -0.130. The fourth-order valence-corrected chi connectivity index (χ4v) is 4.72. The molecule has 8 heteroatoms. The minimum absolute atomic E-state index is 0.0847. The van der Waals surface area contributed by atoms with E-state index < -0.39 is 0 Å². The molecule has 0 aliphatic carbocycles. The predicted octanol–water partition coefficient (Wildman–Crippen LogP) is 5.17. The Labute approximate surface area is 170 Å². The summed E-state index contributed by atoms with van der Waals surface area (Å²) in [4.78, 5) is 19.0. The summed E-state index contributed by atoms with van der Waals surface area (Å²) in [6.07, 6.45) is 3.96. The van der Waals surface area contributed by atoms with Crippen molar-refractivity contribution in [3.63, 3.8) is 0 Å². The van der Waals surface area contributed by atoms with Gasteiger partial charge in [-0.25, -0.2) is 5.01 Å². The molecule has 1 unspecified atom stereocenters. The van der Waals surface area contributed by atoms with E-state index >= 15 is 0 Å². The van der Waals surface area contributed by atoms with Crippen LogP contribution < -0.4 is 0 Å². The second kappa shape index (κ2) is 7.88. The van der Waals surface area contributed by atoms with Crippen LogP contribution >= 0.6 is 34.7 Å². The van der Waals surface area contributed by atoms with E-state index in [0.29, 0.717) is 11.4 Å². The van der Waals surface area contributed by atoms with Gasteiger partial charge in [0.15, 0.2) is 0 Å². The van der Waals surface area contributed by atoms with Crippen LogP contribution in [0.2, 0.25) is 5.02 Å². The van der Waals surface area contributed by atoms with Gasteiger partial charge in [-0.2, -0.15) is 5.10 Å². The SMILES string of the molecule is Cc1nccc(SCC(=O)N2N=C(c3cccs3)CC2c2ccco2)c1Cl. The van der Waals surface area contributed by atoms with Crippen molar-refractivity contribution in [3.05, 3.63) is 69.5 Å². The largest absolute Gasteiger partial charge is 0.467 e. The Hall–Kier alpha value is -2.09. The molecular formula is C19H16ClN3O2S2. The van der Waals surface area contributed by atoms with Gasteiger partial charge in [-0.3, -0.25) is 9.78 Å². The molecule has 138 valence electrons. The third-order valence-corrected chi connectivity index (χ3v) is 6.77. The van der Waals surface area contributed by atoms with E-state index in [4.69, 9.17) is 16.0 Å². The number of aryl methyl sites for hydroxylation is 1. The van der Waals surface area contributed by atoms with E-state index in [1.54, 1.807) is 28.8 Å². The van der Waals surface area contributed by atoms with Crippen molar-refractivity contribution in [3.8, 4) is 0 Å². The van der Waals surface area contributed by atoms with E-state index in [0.717, 1.165) is 26.9 Å². The maximum absolute atomic E-state index is 12.9. The Balaban J connectivity index is 1.54. The van der Waals surface area contributed by atoms with E-state index in [1.807, 2.05) is 42.6 Å².